The normalized spacial score (nSPS) is 10.5. The molecule has 0 unspecified atom stereocenters. The summed E-state index contributed by atoms with van der Waals surface area (Å²) in [5.41, 5.74) is 3.65. The van der Waals surface area contributed by atoms with Gasteiger partial charge in [0.05, 0.1) is 12.9 Å². The third-order valence-electron chi connectivity index (χ3n) is 3.95. The van der Waals surface area contributed by atoms with Crippen molar-refractivity contribution >= 4 is 17.7 Å². The van der Waals surface area contributed by atoms with Crippen LogP contribution in [-0.2, 0) is 17.0 Å². The number of amides is 1. The van der Waals surface area contributed by atoms with Crippen LogP contribution >= 0.6 is 11.8 Å². The Bertz CT molecular complexity index is 655. The van der Waals surface area contributed by atoms with Crippen LogP contribution in [0.15, 0.2) is 48.5 Å². The van der Waals surface area contributed by atoms with Crippen molar-refractivity contribution in [1.29, 1.82) is 0 Å². The molecule has 0 heterocycles. The molecule has 24 heavy (non-hydrogen) atoms. The van der Waals surface area contributed by atoms with Crippen molar-refractivity contribution in [2.24, 2.45) is 0 Å². The summed E-state index contributed by atoms with van der Waals surface area (Å²) in [6.45, 7) is 2.78. The van der Waals surface area contributed by atoms with Crippen molar-refractivity contribution in [3.63, 3.8) is 0 Å². The molecular weight excluding hydrogens is 318 g/mol. The summed E-state index contributed by atoms with van der Waals surface area (Å²) >= 11 is 1.66. The lowest BCUT2D eigenvalue weighted by molar-refractivity contribution is -0.127. The van der Waals surface area contributed by atoms with E-state index in [0.29, 0.717) is 12.3 Å². The van der Waals surface area contributed by atoms with Crippen molar-refractivity contribution in [1.82, 2.24) is 4.90 Å². The zero-order valence-electron chi connectivity index (χ0n) is 14.6. The van der Waals surface area contributed by atoms with Crippen LogP contribution in [0.25, 0.3) is 0 Å². The Kier molecular flexibility index (Phi) is 7.19. The first-order valence-corrected chi connectivity index (χ1v) is 9.24. The van der Waals surface area contributed by atoms with Gasteiger partial charge in [-0.1, -0.05) is 48.0 Å². The first-order chi connectivity index (χ1) is 11.6. The van der Waals surface area contributed by atoms with Gasteiger partial charge in [0.1, 0.15) is 5.75 Å². The van der Waals surface area contributed by atoms with E-state index in [1.165, 1.54) is 11.1 Å². The van der Waals surface area contributed by atoms with Gasteiger partial charge in [-0.15, -0.1) is 11.8 Å². The van der Waals surface area contributed by atoms with Gasteiger partial charge in [-0.05, 0) is 30.5 Å². The molecule has 0 atom stereocenters. The Morgan fingerprint density at radius 1 is 1.12 bits per heavy atom. The minimum absolute atomic E-state index is 0.169. The third-order valence-corrected chi connectivity index (χ3v) is 4.94. The van der Waals surface area contributed by atoms with Gasteiger partial charge < -0.3 is 9.64 Å². The molecule has 2 rings (SSSR count). The van der Waals surface area contributed by atoms with Gasteiger partial charge in [0, 0.05) is 19.3 Å². The summed E-state index contributed by atoms with van der Waals surface area (Å²) in [7, 11) is 3.54. The highest BCUT2D eigenvalue weighted by atomic mass is 32.2. The first-order valence-electron chi connectivity index (χ1n) is 8.09. The number of methoxy groups -OCH3 is 1. The largest absolute Gasteiger partial charge is 0.496 e. The summed E-state index contributed by atoms with van der Waals surface area (Å²) in [5, 5.41) is 0. The molecule has 0 aliphatic rings. The Balaban J connectivity index is 1.74. The second-order valence-electron chi connectivity index (χ2n) is 5.86. The lowest BCUT2D eigenvalue weighted by Gasteiger charge is -2.18. The van der Waals surface area contributed by atoms with E-state index in [2.05, 4.69) is 31.2 Å². The molecule has 1 amide bonds. The fraction of sp³-hybridized carbons (Fsp3) is 0.350. The summed E-state index contributed by atoms with van der Waals surface area (Å²) in [4.78, 5) is 14.0. The fourth-order valence-corrected chi connectivity index (χ4v) is 3.30. The van der Waals surface area contributed by atoms with Crippen molar-refractivity contribution in [3.05, 3.63) is 65.2 Å². The van der Waals surface area contributed by atoms with Crippen LogP contribution in [0.4, 0.5) is 0 Å². The first kappa shape index (κ1) is 18.4. The molecule has 3 nitrogen and oxygen atoms in total. The smallest absolute Gasteiger partial charge is 0.232 e. The standard InChI is InChI=1S/C20H25NO2S/c1-16-8-10-17(11-9-16)14-24-15-20(22)21(2)13-12-18-6-4-5-7-19(18)23-3/h4-11H,12-15H2,1-3H3. The zero-order chi connectivity index (χ0) is 17.4. The average Bonchev–Trinajstić information content (AvgIpc) is 2.61. The predicted octanol–water partition coefficient (Wildman–Crippen LogP) is 3.94. The van der Waals surface area contributed by atoms with Gasteiger partial charge in [0.25, 0.3) is 0 Å². The molecule has 0 aliphatic heterocycles. The maximum absolute atomic E-state index is 12.2. The molecule has 0 bridgehead atoms. The zero-order valence-corrected chi connectivity index (χ0v) is 15.4. The molecule has 128 valence electrons. The second kappa shape index (κ2) is 9.38. The quantitative estimate of drug-likeness (QED) is 0.727. The van der Waals surface area contributed by atoms with Gasteiger partial charge in [-0.3, -0.25) is 4.79 Å². The number of hydrogen-bond donors (Lipinski definition) is 0. The molecule has 0 fully saturated rings. The molecule has 0 aliphatic carbocycles. The molecule has 0 N–H and O–H groups in total. The Labute approximate surface area is 149 Å². The number of carbonyl (C=O) groups excluding carboxylic acids is 1. The highest BCUT2D eigenvalue weighted by Gasteiger charge is 2.10. The molecule has 0 spiro atoms. The SMILES string of the molecule is COc1ccccc1CCN(C)C(=O)CSCc1ccc(C)cc1. The number of aryl methyl sites for hydroxylation is 1. The average molecular weight is 343 g/mol. The number of rotatable bonds is 8. The number of nitrogens with zero attached hydrogens (tertiary/aromatic N) is 1. The fourth-order valence-electron chi connectivity index (χ4n) is 2.37. The monoisotopic (exact) mass is 343 g/mol. The number of benzene rings is 2. The molecule has 0 aromatic heterocycles. The maximum Gasteiger partial charge on any atom is 0.232 e. The molecule has 0 saturated heterocycles. The Morgan fingerprint density at radius 2 is 1.83 bits per heavy atom. The summed E-state index contributed by atoms with van der Waals surface area (Å²) in [5.74, 6) is 2.43. The Hall–Kier alpha value is -1.94. The summed E-state index contributed by atoms with van der Waals surface area (Å²) < 4.78 is 5.35. The number of ether oxygens (including phenoxy) is 1. The van der Waals surface area contributed by atoms with E-state index in [-0.39, 0.29) is 5.91 Å². The van der Waals surface area contributed by atoms with Crippen LogP contribution < -0.4 is 4.74 Å². The molecule has 2 aromatic rings. The Morgan fingerprint density at radius 3 is 2.54 bits per heavy atom. The summed E-state index contributed by atoms with van der Waals surface area (Å²) in [6.07, 6.45) is 0.800. The highest BCUT2D eigenvalue weighted by Crippen LogP contribution is 2.18. The van der Waals surface area contributed by atoms with E-state index in [0.717, 1.165) is 23.5 Å². The van der Waals surface area contributed by atoms with Crippen LogP contribution in [0, 0.1) is 6.92 Å². The molecular formula is C20H25NO2S. The van der Waals surface area contributed by atoms with Gasteiger partial charge in [0.15, 0.2) is 0 Å². The molecule has 0 saturated carbocycles. The molecule has 0 radical (unpaired) electrons. The number of thioether (sulfide) groups is 1. The van der Waals surface area contributed by atoms with E-state index >= 15 is 0 Å². The lowest BCUT2D eigenvalue weighted by atomic mass is 10.1. The van der Waals surface area contributed by atoms with E-state index in [1.54, 1.807) is 23.8 Å². The van der Waals surface area contributed by atoms with Crippen molar-refractivity contribution in [2.45, 2.75) is 19.1 Å². The second-order valence-corrected chi connectivity index (χ2v) is 6.84. The van der Waals surface area contributed by atoms with Crippen molar-refractivity contribution in [2.75, 3.05) is 26.5 Å². The molecule has 2 aromatic carbocycles. The third kappa shape index (κ3) is 5.60. The highest BCUT2D eigenvalue weighted by molar-refractivity contribution is 7.99. The van der Waals surface area contributed by atoms with Gasteiger partial charge in [0.2, 0.25) is 5.91 Å². The van der Waals surface area contributed by atoms with Crippen LogP contribution in [-0.4, -0.2) is 37.3 Å². The van der Waals surface area contributed by atoms with Gasteiger partial charge >= 0.3 is 0 Å². The van der Waals surface area contributed by atoms with Crippen LogP contribution in [0.2, 0.25) is 0 Å². The van der Waals surface area contributed by atoms with Crippen molar-refractivity contribution in [3.8, 4) is 5.75 Å². The molecule has 4 heteroatoms. The number of likely N-dealkylation sites (N-methyl/N-ethyl adjacent to an activating group) is 1. The van der Waals surface area contributed by atoms with E-state index in [4.69, 9.17) is 4.74 Å². The van der Waals surface area contributed by atoms with Crippen molar-refractivity contribution < 1.29 is 9.53 Å². The van der Waals surface area contributed by atoms with E-state index < -0.39 is 0 Å². The van der Waals surface area contributed by atoms with E-state index in [9.17, 15) is 4.79 Å². The van der Waals surface area contributed by atoms with Crippen LogP contribution in [0.5, 0.6) is 5.75 Å². The number of hydrogen-bond acceptors (Lipinski definition) is 3. The maximum atomic E-state index is 12.2. The number of carbonyl (C=O) groups is 1. The van der Waals surface area contributed by atoms with E-state index in [1.807, 2.05) is 31.3 Å². The number of para-hydroxylation sites is 1. The van der Waals surface area contributed by atoms with Gasteiger partial charge in [-0.25, -0.2) is 0 Å². The minimum Gasteiger partial charge on any atom is -0.496 e. The van der Waals surface area contributed by atoms with Gasteiger partial charge in [-0.2, -0.15) is 0 Å². The predicted molar refractivity (Wildman–Crippen MR) is 102 cm³/mol. The minimum atomic E-state index is 0.169. The van der Waals surface area contributed by atoms with Crippen LogP contribution in [0.1, 0.15) is 16.7 Å². The summed E-state index contributed by atoms with van der Waals surface area (Å²) in [6, 6.07) is 16.4. The topological polar surface area (TPSA) is 29.5 Å². The lowest BCUT2D eigenvalue weighted by Crippen LogP contribution is -2.30. The van der Waals surface area contributed by atoms with Crippen LogP contribution in [0.3, 0.4) is 0 Å².